The summed E-state index contributed by atoms with van der Waals surface area (Å²) in [6.45, 7) is 6.60. The van der Waals surface area contributed by atoms with Crippen molar-refractivity contribution in [2.45, 2.75) is 6.42 Å². The van der Waals surface area contributed by atoms with Crippen molar-refractivity contribution in [3.05, 3.63) is 24.8 Å². The first-order valence-electron chi connectivity index (χ1n) is 6.20. The lowest BCUT2D eigenvalue weighted by Crippen LogP contribution is -2.36. The van der Waals surface area contributed by atoms with E-state index in [0.29, 0.717) is 24.3 Å². The van der Waals surface area contributed by atoms with E-state index in [1.165, 1.54) is 0 Å². The van der Waals surface area contributed by atoms with Crippen molar-refractivity contribution < 1.29 is 9.53 Å². The van der Waals surface area contributed by atoms with E-state index < -0.39 is 0 Å². The van der Waals surface area contributed by atoms with Crippen molar-refractivity contribution in [3.63, 3.8) is 0 Å². The Morgan fingerprint density at radius 2 is 2.47 bits per heavy atom. The number of fused-ring (bicyclic) bond motifs is 1. The van der Waals surface area contributed by atoms with E-state index in [4.69, 9.17) is 4.74 Å². The molecule has 0 aromatic heterocycles. The van der Waals surface area contributed by atoms with E-state index in [9.17, 15) is 4.79 Å². The first-order valence-corrected chi connectivity index (χ1v) is 6.20. The number of carbonyl (C=O) groups is 1. The van der Waals surface area contributed by atoms with Gasteiger partial charge in [-0.25, -0.2) is 4.79 Å². The average Bonchev–Trinajstić information content (AvgIpc) is 2.82. The Balaban J connectivity index is 1.77. The summed E-state index contributed by atoms with van der Waals surface area (Å²) in [6.07, 6.45) is 6.80. The largest absolute Gasteiger partial charge is 0.445 e. The maximum Gasteiger partial charge on any atom is 0.407 e. The molecule has 1 heterocycles. The minimum absolute atomic E-state index is 0.268. The van der Waals surface area contributed by atoms with Crippen molar-refractivity contribution in [1.29, 1.82) is 0 Å². The van der Waals surface area contributed by atoms with Crippen LogP contribution < -0.4 is 10.6 Å². The lowest BCUT2D eigenvalue weighted by atomic mass is 9.78. The number of alkyl carbamates (subject to hydrolysis) is 1. The van der Waals surface area contributed by atoms with E-state index in [1.807, 2.05) is 0 Å². The second kappa shape index (κ2) is 5.87. The predicted octanol–water partition coefficient (Wildman–Crippen LogP) is 1.31. The van der Waals surface area contributed by atoms with Crippen LogP contribution in [0.15, 0.2) is 24.8 Å². The van der Waals surface area contributed by atoms with Crippen molar-refractivity contribution in [1.82, 2.24) is 10.6 Å². The van der Waals surface area contributed by atoms with Crippen LogP contribution in [0.1, 0.15) is 6.42 Å². The molecule has 3 atom stereocenters. The Labute approximate surface area is 102 Å². The van der Waals surface area contributed by atoms with E-state index >= 15 is 0 Å². The summed E-state index contributed by atoms with van der Waals surface area (Å²) in [5, 5.41) is 6.24. The Kier molecular flexibility index (Phi) is 4.20. The molecule has 1 amide bonds. The fourth-order valence-corrected chi connectivity index (χ4v) is 2.68. The molecule has 94 valence electrons. The van der Waals surface area contributed by atoms with Gasteiger partial charge in [-0.05, 0) is 30.7 Å². The van der Waals surface area contributed by atoms with Gasteiger partial charge >= 0.3 is 6.09 Å². The lowest BCUT2D eigenvalue weighted by molar-refractivity contribution is 0.153. The molecule has 0 spiro atoms. The second-order valence-corrected chi connectivity index (χ2v) is 4.68. The Bertz CT molecular complexity index is 315. The van der Waals surface area contributed by atoms with E-state index in [1.54, 1.807) is 6.08 Å². The quantitative estimate of drug-likeness (QED) is 0.724. The maximum atomic E-state index is 11.3. The third kappa shape index (κ3) is 3.09. The monoisotopic (exact) mass is 236 g/mol. The van der Waals surface area contributed by atoms with Gasteiger partial charge in [0.2, 0.25) is 0 Å². The summed E-state index contributed by atoms with van der Waals surface area (Å²) in [5.74, 6) is 1.82. The zero-order valence-electron chi connectivity index (χ0n) is 10.0. The number of hydrogen-bond donors (Lipinski definition) is 2. The molecule has 17 heavy (non-hydrogen) atoms. The van der Waals surface area contributed by atoms with Gasteiger partial charge in [0.1, 0.15) is 6.61 Å². The summed E-state index contributed by atoms with van der Waals surface area (Å²) in [6, 6.07) is 0. The minimum atomic E-state index is -0.345. The number of ether oxygens (including phenoxy) is 1. The van der Waals surface area contributed by atoms with Crippen LogP contribution in [0, 0.1) is 17.8 Å². The number of amides is 1. The van der Waals surface area contributed by atoms with Crippen LogP contribution in [0.4, 0.5) is 4.79 Å². The highest BCUT2D eigenvalue weighted by molar-refractivity contribution is 5.67. The SMILES string of the molecule is C=CCOC(=O)NCC1CC=CC2CNCC21. The smallest absolute Gasteiger partial charge is 0.407 e. The van der Waals surface area contributed by atoms with Gasteiger partial charge in [-0.2, -0.15) is 0 Å². The van der Waals surface area contributed by atoms with Gasteiger partial charge in [0.15, 0.2) is 0 Å². The highest BCUT2D eigenvalue weighted by Gasteiger charge is 2.33. The molecule has 0 saturated carbocycles. The average molecular weight is 236 g/mol. The van der Waals surface area contributed by atoms with Crippen LogP contribution in [0.5, 0.6) is 0 Å². The molecule has 4 heteroatoms. The predicted molar refractivity (Wildman–Crippen MR) is 66.6 cm³/mol. The number of allylic oxidation sites excluding steroid dienone is 1. The number of carbonyl (C=O) groups excluding carboxylic acids is 1. The standard InChI is InChI=1S/C13H20N2O2/c1-2-6-17-13(16)15-8-11-5-3-4-10-7-14-9-12(10)11/h2-4,10-12,14H,1,5-9H2,(H,15,16). The minimum Gasteiger partial charge on any atom is -0.445 e. The first kappa shape index (κ1) is 12.2. The van der Waals surface area contributed by atoms with E-state index in [2.05, 4.69) is 29.4 Å². The van der Waals surface area contributed by atoms with E-state index in [-0.39, 0.29) is 12.7 Å². The van der Waals surface area contributed by atoms with Gasteiger partial charge in [0.05, 0.1) is 0 Å². The van der Waals surface area contributed by atoms with Gasteiger partial charge in [-0.15, -0.1) is 0 Å². The summed E-state index contributed by atoms with van der Waals surface area (Å²) in [4.78, 5) is 11.3. The molecule has 0 radical (unpaired) electrons. The van der Waals surface area contributed by atoms with Crippen LogP contribution >= 0.6 is 0 Å². The van der Waals surface area contributed by atoms with Crippen molar-refractivity contribution >= 4 is 6.09 Å². The fourth-order valence-electron chi connectivity index (χ4n) is 2.68. The molecule has 2 aliphatic rings. The molecule has 1 fully saturated rings. The van der Waals surface area contributed by atoms with Gasteiger partial charge in [0, 0.05) is 13.1 Å². The van der Waals surface area contributed by atoms with Crippen LogP contribution in [-0.2, 0) is 4.74 Å². The van der Waals surface area contributed by atoms with Crippen LogP contribution in [0.3, 0.4) is 0 Å². The maximum absolute atomic E-state index is 11.3. The molecular weight excluding hydrogens is 216 g/mol. The molecule has 1 aliphatic carbocycles. The molecule has 0 aromatic rings. The van der Waals surface area contributed by atoms with Crippen molar-refractivity contribution in [2.24, 2.45) is 17.8 Å². The molecule has 0 aromatic carbocycles. The van der Waals surface area contributed by atoms with Gasteiger partial charge < -0.3 is 15.4 Å². The second-order valence-electron chi connectivity index (χ2n) is 4.68. The molecule has 2 N–H and O–H groups in total. The zero-order chi connectivity index (χ0) is 12.1. The Morgan fingerprint density at radius 3 is 3.29 bits per heavy atom. The lowest BCUT2D eigenvalue weighted by Gasteiger charge is -2.29. The molecule has 4 nitrogen and oxygen atoms in total. The summed E-state index contributed by atoms with van der Waals surface area (Å²) in [5.41, 5.74) is 0. The first-order chi connectivity index (χ1) is 8.31. The molecule has 1 saturated heterocycles. The van der Waals surface area contributed by atoms with Crippen LogP contribution in [0.2, 0.25) is 0 Å². The van der Waals surface area contributed by atoms with Crippen molar-refractivity contribution in [2.75, 3.05) is 26.2 Å². The molecule has 1 aliphatic heterocycles. The van der Waals surface area contributed by atoms with Gasteiger partial charge in [-0.1, -0.05) is 24.8 Å². The van der Waals surface area contributed by atoms with Gasteiger partial charge in [-0.3, -0.25) is 0 Å². The molecular formula is C13H20N2O2. The summed E-state index contributed by atoms with van der Waals surface area (Å²) >= 11 is 0. The summed E-state index contributed by atoms with van der Waals surface area (Å²) < 4.78 is 4.89. The molecule has 3 unspecified atom stereocenters. The fraction of sp³-hybridized carbons (Fsp3) is 0.615. The van der Waals surface area contributed by atoms with Crippen LogP contribution in [-0.4, -0.2) is 32.3 Å². The van der Waals surface area contributed by atoms with Crippen LogP contribution in [0.25, 0.3) is 0 Å². The Morgan fingerprint density at radius 1 is 1.59 bits per heavy atom. The normalized spacial score (nSPS) is 30.7. The van der Waals surface area contributed by atoms with Gasteiger partial charge in [0.25, 0.3) is 0 Å². The number of nitrogens with one attached hydrogen (secondary N) is 2. The Hall–Kier alpha value is -1.29. The molecule has 0 bridgehead atoms. The molecule has 2 rings (SSSR count). The topological polar surface area (TPSA) is 50.4 Å². The van der Waals surface area contributed by atoms with E-state index in [0.717, 1.165) is 19.5 Å². The highest BCUT2D eigenvalue weighted by atomic mass is 16.5. The highest BCUT2D eigenvalue weighted by Crippen LogP contribution is 2.32. The third-order valence-electron chi connectivity index (χ3n) is 3.58. The summed E-state index contributed by atoms with van der Waals surface area (Å²) in [7, 11) is 0. The number of hydrogen-bond acceptors (Lipinski definition) is 3. The van der Waals surface area contributed by atoms with Crippen molar-refractivity contribution in [3.8, 4) is 0 Å². The number of rotatable bonds is 4. The zero-order valence-corrected chi connectivity index (χ0v) is 10.0. The third-order valence-corrected chi connectivity index (χ3v) is 3.58.